The van der Waals surface area contributed by atoms with Gasteiger partial charge in [-0.1, -0.05) is 30.0 Å². The number of benzene rings is 1. The fraction of sp³-hybridized carbons (Fsp3) is 0.345. The van der Waals surface area contributed by atoms with Gasteiger partial charge in [-0.2, -0.15) is 5.26 Å². The Labute approximate surface area is 223 Å². The van der Waals surface area contributed by atoms with Crippen molar-refractivity contribution in [1.82, 2.24) is 14.9 Å². The summed E-state index contributed by atoms with van der Waals surface area (Å²) in [5, 5.41) is 16.2. The fourth-order valence-corrected chi connectivity index (χ4v) is 4.45. The average Bonchev–Trinajstić information content (AvgIpc) is 3.29. The second kappa shape index (κ2) is 12.6. The van der Waals surface area contributed by atoms with E-state index in [0.717, 1.165) is 47.6 Å². The lowest BCUT2D eigenvalue weighted by Gasteiger charge is -2.21. The zero-order chi connectivity index (χ0) is 27.0. The summed E-state index contributed by atoms with van der Waals surface area (Å²) in [5.41, 5.74) is 6.37. The van der Waals surface area contributed by atoms with Gasteiger partial charge >= 0.3 is 0 Å². The van der Waals surface area contributed by atoms with Crippen molar-refractivity contribution >= 4 is 46.2 Å². The van der Waals surface area contributed by atoms with Gasteiger partial charge in [0, 0.05) is 40.9 Å². The Morgan fingerprint density at radius 2 is 2.08 bits per heavy atom. The fourth-order valence-electron chi connectivity index (χ4n) is 3.72. The molecule has 0 saturated carbocycles. The second-order valence-electron chi connectivity index (χ2n) is 9.86. The number of aryl methyl sites for hydroxylation is 1. The summed E-state index contributed by atoms with van der Waals surface area (Å²) in [6, 6.07) is 10.7. The molecule has 7 nitrogen and oxygen atoms in total. The summed E-state index contributed by atoms with van der Waals surface area (Å²) in [4.78, 5) is 21.0. The number of fused-ring (bicyclic) bond motifs is 1. The third-order valence-corrected chi connectivity index (χ3v) is 6.83. The molecule has 37 heavy (non-hydrogen) atoms. The maximum atomic E-state index is 9.69. The number of carbonyl (C=O) groups is 1. The molecule has 3 heterocycles. The van der Waals surface area contributed by atoms with Crippen molar-refractivity contribution < 1.29 is 9.53 Å². The van der Waals surface area contributed by atoms with Gasteiger partial charge in [0.1, 0.15) is 17.3 Å². The molecule has 1 aliphatic rings. The zero-order valence-corrected chi connectivity index (χ0v) is 23.2. The number of ether oxygens (including phenoxy) is 1. The van der Waals surface area contributed by atoms with E-state index < -0.39 is 0 Å². The lowest BCUT2D eigenvalue weighted by molar-refractivity contribution is -0.138. The van der Waals surface area contributed by atoms with E-state index in [4.69, 9.17) is 0 Å². The quantitative estimate of drug-likeness (QED) is 0.275. The first-order valence-electron chi connectivity index (χ1n) is 12.2. The Morgan fingerprint density at radius 1 is 1.30 bits per heavy atom. The highest BCUT2D eigenvalue weighted by Crippen LogP contribution is 2.34. The second-order valence-corrected chi connectivity index (χ2v) is 10.8. The predicted molar refractivity (Wildman–Crippen MR) is 153 cm³/mol. The highest BCUT2D eigenvalue weighted by molar-refractivity contribution is 8.02. The summed E-state index contributed by atoms with van der Waals surface area (Å²) in [6.07, 6.45) is 6.93. The number of carbonyl (C=O) groups excluding carboxylic acids is 1. The van der Waals surface area contributed by atoms with Gasteiger partial charge in [-0.05, 0) is 82.8 Å². The van der Waals surface area contributed by atoms with Gasteiger partial charge in [0.05, 0.1) is 11.3 Å². The maximum Gasteiger partial charge on any atom is 0.293 e. The highest BCUT2D eigenvalue weighted by Gasteiger charge is 2.16. The number of anilines is 2. The minimum atomic E-state index is -0.318. The summed E-state index contributed by atoms with van der Waals surface area (Å²) >= 11 is 1.69. The summed E-state index contributed by atoms with van der Waals surface area (Å²) in [7, 11) is 2.13. The van der Waals surface area contributed by atoms with Crippen LogP contribution in [-0.4, -0.2) is 47.1 Å². The van der Waals surface area contributed by atoms with Crippen LogP contribution in [-0.2, 0) is 9.53 Å². The summed E-state index contributed by atoms with van der Waals surface area (Å²) in [6.45, 7) is 12.0. The van der Waals surface area contributed by atoms with Crippen molar-refractivity contribution in [2.24, 2.45) is 0 Å². The first kappa shape index (κ1) is 28.0. The molecule has 0 aliphatic carbocycles. The Balaban J connectivity index is 0.000000479. The van der Waals surface area contributed by atoms with Crippen LogP contribution in [0.25, 0.3) is 16.6 Å². The van der Waals surface area contributed by atoms with E-state index in [0.29, 0.717) is 12.0 Å². The molecule has 3 aromatic rings. The van der Waals surface area contributed by atoms with E-state index in [9.17, 15) is 10.1 Å². The molecule has 8 heteroatoms. The number of hydrogen-bond acceptors (Lipinski definition) is 7. The SMILES string of the molecule is C/C=C/Sc1cc(Nc2c(C#N)cnc3[nH]c(C4=CCN(C)CC4)cc23)ccc1C.CC(C)(C)OC=O. The Morgan fingerprint density at radius 3 is 2.68 bits per heavy atom. The van der Waals surface area contributed by atoms with Crippen LogP contribution in [0.15, 0.2) is 52.9 Å². The van der Waals surface area contributed by atoms with Crippen LogP contribution in [0.2, 0.25) is 0 Å². The summed E-state index contributed by atoms with van der Waals surface area (Å²) < 4.78 is 4.55. The van der Waals surface area contributed by atoms with Crippen LogP contribution in [0.4, 0.5) is 11.4 Å². The van der Waals surface area contributed by atoms with Gasteiger partial charge in [0.15, 0.2) is 0 Å². The number of likely N-dealkylation sites (N-methyl/N-ethyl adjacent to an activating group) is 1. The number of nitrogens with one attached hydrogen (secondary N) is 2. The minimum Gasteiger partial charge on any atom is -0.462 e. The normalized spacial score (nSPS) is 14.0. The molecule has 2 N–H and O–H groups in total. The lowest BCUT2D eigenvalue weighted by Crippen LogP contribution is -2.23. The summed E-state index contributed by atoms with van der Waals surface area (Å²) in [5.74, 6) is 0. The molecule has 2 aromatic heterocycles. The van der Waals surface area contributed by atoms with Crippen LogP contribution >= 0.6 is 11.8 Å². The topological polar surface area (TPSA) is 94.0 Å². The van der Waals surface area contributed by atoms with Crippen molar-refractivity contribution in [2.75, 3.05) is 25.5 Å². The van der Waals surface area contributed by atoms with Crippen molar-refractivity contribution in [1.29, 1.82) is 5.26 Å². The van der Waals surface area contributed by atoms with E-state index in [-0.39, 0.29) is 5.60 Å². The molecule has 0 atom stereocenters. The van der Waals surface area contributed by atoms with Crippen molar-refractivity contribution in [3.05, 3.63) is 64.8 Å². The Bertz CT molecular complexity index is 1340. The number of allylic oxidation sites excluding steroid dienone is 1. The molecule has 194 valence electrons. The van der Waals surface area contributed by atoms with E-state index in [1.165, 1.54) is 16.0 Å². The van der Waals surface area contributed by atoms with Crippen LogP contribution in [0.1, 0.15) is 50.9 Å². The monoisotopic (exact) mass is 517 g/mol. The molecule has 1 aliphatic heterocycles. The van der Waals surface area contributed by atoms with Crippen LogP contribution in [0, 0.1) is 18.3 Å². The van der Waals surface area contributed by atoms with Crippen LogP contribution < -0.4 is 5.32 Å². The number of thioether (sulfide) groups is 1. The number of aromatic amines is 1. The number of aromatic nitrogens is 2. The maximum absolute atomic E-state index is 9.69. The number of H-pyrrole nitrogens is 1. The van der Waals surface area contributed by atoms with Crippen molar-refractivity contribution in [2.45, 2.75) is 51.5 Å². The molecule has 0 spiro atoms. The molecular weight excluding hydrogens is 482 g/mol. The number of nitriles is 1. The number of pyridine rings is 1. The van der Waals surface area contributed by atoms with Gasteiger partial charge in [-0.15, -0.1) is 0 Å². The first-order valence-corrected chi connectivity index (χ1v) is 13.1. The standard InChI is InChI=1S/C24H25N5S.C5H10O2/c1-4-11-30-22-12-19(6-5-16(22)2)27-23-18(14-25)15-26-24-20(23)13-21(28-24)17-7-9-29(3)10-8-17;1-5(2,3)7-4-6/h4-7,11-13,15H,8-10H2,1-3H3,(H2,26,27,28);4H,1-3H3/b11-4+;. The van der Waals surface area contributed by atoms with E-state index in [1.54, 1.807) is 18.0 Å². The molecule has 0 saturated heterocycles. The van der Waals surface area contributed by atoms with Gasteiger partial charge in [-0.3, -0.25) is 4.79 Å². The molecular formula is C29H35N5O2S. The van der Waals surface area contributed by atoms with Crippen LogP contribution in [0.3, 0.4) is 0 Å². The third-order valence-electron chi connectivity index (χ3n) is 5.73. The molecule has 0 fully saturated rings. The molecule has 1 aromatic carbocycles. The van der Waals surface area contributed by atoms with Gasteiger partial charge in [-0.25, -0.2) is 4.98 Å². The van der Waals surface area contributed by atoms with Gasteiger partial charge in [0.25, 0.3) is 6.47 Å². The predicted octanol–water partition coefficient (Wildman–Crippen LogP) is 6.79. The van der Waals surface area contributed by atoms with E-state index in [2.05, 4.69) is 80.7 Å². The molecule has 0 bridgehead atoms. The number of rotatable bonds is 6. The van der Waals surface area contributed by atoms with Gasteiger partial charge in [0.2, 0.25) is 0 Å². The lowest BCUT2D eigenvalue weighted by atomic mass is 10.0. The first-order chi connectivity index (χ1) is 17.6. The van der Waals surface area contributed by atoms with Crippen molar-refractivity contribution in [3.8, 4) is 6.07 Å². The average molecular weight is 518 g/mol. The number of hydrogen-bond donors (Lipinski definition) is 2. The Kier molecular flexibility index (Phi) is 9.56. The molecule has 4 rings (SSSR count). The number of nitrogens with zero attached hydrogens (tertiary/aromatic N) is 3. The molecule has 0 radical (unpaired) electrons. The zero-order valence-electron chi connectivity index (χ0n) is 22.4. The van der Waals surface area contributed by atoms with E-state index >= 15 is 0 Å². The molecule has 0 amide bonds. The van der Waals surface area contributed by atoms with E-state index in [1.807, 2.05) is 33.8 Å². The third kappa shape index (κ3) is 7.72. The van der Waals surface area contributed by atoms with Crippen LogP contribution in [0.5, 0.6) is 0 Å². The van der Waals surface area contributed by atoms with Crippen molar-refractivity contribution in [3.63, 3.8) is 0 Å². The molecule has 0 unspecified atom stereocenters. The smallest absolute Gasteiger partial charge is 0.293 e. The largest absolute Gasteiger partial charge is 0.462 e. The minimum absolute atomic E-state index is 0.318. The van der Waals surface area contributed by atoms with Gasteiger partial charge < -0.3 is 19.9 Å². The highest BCUT2D eigenvalue weighted by atomic mass is 32.2. The Hall–Kier alpha value is -3.54.